The maximum Gasteiger partial charge on any atom is 0.266 e. The van der Waals surface area contributed by atoms with E-state index in [0.717, 1.165) is 18.7 Å². The minimum atomic E-state index is 0.458. The Morgan fingerprint density at radius 3 is 2.65 bits per heavy atom. The molecule has 2 heterocycles. The minimum Gasteiger partial charge on any atom is -0.384 e. The van der Waals surface area contributed by atoms with E-state index in [4.69, 9.17) is 10.3 Å². The number of nitrogens with zero attached hydrogens (tertiary/aromatic N) is 4. The molecule has 0 saturated carbocycles. The summed E-state index contributed by atoms with van der Waals surface area (Å²) in [6.45, 7) is 5.78. The molecular formula is C11H15N5O. The quantitative estimate of drug-likeness (QED) is 0.863. The van der Waals surface area contributed by atoms with Gasteiger partial charge in [-0.15, -0.1) is 0 Å². The molecule has 2 aromatic heterocycles. The van der Waals surface area contributed by atoms with E-state index >= 15 is 0 Å². The van der Waals surface area contributed by atoms with Crippen molar-refractivity contribution in [3.8, 4) is 11.5 Å². The standard InChI is InChI=1S/C11H15N5O/c1-3-16(4-2)11-14-10(17-15-11)8-5-6-9(12)13-7-8/h5-7H,3-4H2,1-2H3,(H2,12,13). The van der Waals surface area contributed by atoms with Gasteiger partial charge < -0.3 is 15.2 Å². The van der Waals surface area contributed by atoms with Crippen molar-refractivity contribution in [2.45, 2.75) is 13.8 Å². The van der Waals surface area contributed by atoms with Crippen LogP contribution in [0.1, 0.15) is 13.8 Å². The first-order chi connectivity index (χ1) is 8.24. The number of hydrogen-bond donors (Lipinski definition) is 1. The van der Waals surface area contributed by atoms with Crippen molar-refractivity contribution in [2.24, 2.45) is 0 Å². The van der Waals surface area contributed by atoms with E-state index in [1.54, 1.807) is 12.3 Å². The van der Waals surface area contributed by atoms with Crippen molar-refractivity contribution in [2.75, 3.05) is 23.7 Å². The Kier molecular flexibility index (Phi) is 3.22. The number of hydrogen-bond acceptors (Lipinski definition) is 6. The predicted molar refractivity (Wildman–Crippen MR) is 65.5 cm³/mol. The Bertz CT molecular complexity index is 475. The van der Waals surface area contributed by atoms with Gasteiger partial charge in [0.15, 0.2) is 0 Å². The van der Waals surface area contributed by atoms with Gasteiger partial charge in [0.05, 0.1) is 5.56 Å². The van der Waals surface area contributed by atoms with Crippen molar-refractivity contribution >= 4 is 11.8 Å². The molecule has 0 atom stereocenters. The molecule has 0 spiro atoms. The summed E-state index contributed by atoms with van der Waals surface area (Å²) in [5.74, 6) is 1.53. The van der Waals surface area contributed by atoms with Gasteiger partial charge in [-0.05, 0) is 31.1 Å². The Hall–Kier alpha value is -2.11. The third-order valence-corrected chi connectivity index (χ3v) is 2.49. The highest BCUT2D eigenvalue weighted by Gasteiger charge is 2.12. The molecule has 0 amide bonds. The molecule has 2 rings (SSSR count). The topological polar surface area (TPSA) is 81.1 Å². The zero-order chi connectivity index (χ0) is 12.3. The monoisotopic (exact) mass is 233 g/mol. The van der Waals surface area contributed by atoms with Gasteiger partial charge in [-0.2, -0.15) is 4.98 Å². The van der Waals surface area contributed by atoms with E-state index in [9.17, 15) is 0 Å². The Balaban J connectivity index is 2.26. The first kappa shape index (κ1) is 11.4. The zero-order valence-electron chi connectivity index (χ0n) is 9.92. The number of nitrogens with two attached hydrogens (primary N) is 1. The molecular weight excluding hydrogens is 218 g/mol. The summed E-state index contributed by atoms with van der Waals surface area (Å²) in [7, 11) is 0. The van der Waals surface area contributed by atoms with E-state index in [0.29, 0.717) is 17.7 Å². The molecule has 6 heteroatoms. The molecule has 0 bridgehead atoms. The number of nitrogen functional groups attached to an aromatic ring is 1. The fourth-order valence-corrected chi connectivity index (χ4v) is 1.50. The highest BCUT2D eigenvalue weighted by atomic mass is 16.5. The lowest BCUT2D eigenvalue weighted by molar-refractivity contribution is 0.429. The number of rotatable bonds is 4. The molecule has 0 aliphatic heterocycles. The van der Waals surface area contributed by atoms with Gasteiger partial charge in [0, 0.05) is 19.3 Å². The van der Waals surface area contributed by atoms with Crippen LogP contribution in [-0.2, 0) is 0 Å². The predicted octanol–water partition coefficient (Wildman–Crippen LogP) is 1.56. The summed E-state index contributed by atoms with van der Waals surface area (Å²) in [4.78, 5) is 10.3. The van der Waals surface area contributed by atoms with E-state index < -0.39 is 0 Å². The Labute approximate surface area is 99.5 Å². The Morgan fingerprint density at radius 2 is 2.06 bits per heavy atom. The van der Waals surface area contributed by atoms with E-state index in [1.807, 2.05) is 24.8 Å². The van der Waals surface area contributed by atoms with E-state index in [2.05, 4.69) is 15.1 Å². The molecule has 2 aromatic rings. The van der Waals surface area contributed by atoms with Crippen LogP contribution in [0.2, 0.25) is 0 Å². The first-order valence-electron chi connectivity index (χ1n) is 5.55. The molecule has 2 N–H and O–H groups in total. The second-order valence-corrected chi connectivity index (χ2v) is 3.54. The number of aromatic nitrogens is 3. The lowest BCUT2D eigenvalue weighted by atomic mass is 10.3. The third kappa shape index (κ3) is 2.35. The minimum absolute atomic E-state index is 0.458. The highest BCUT2D eigenvalue weighted by molar-refractivity contribution is 5.54. The van der Waals surface area contributed by atoms with Crippen molar-refractivity contribution in [3.05, 3.63) is 18.3 Å². The molecule has 0 fully saturated rings. The van der Waals surface area contributed by atoms with Gasteiger partial charge in [0.2, 0.25) is 0 Å². The number of anilines is 2. The van der Waals surface area contributed by atoms with Crippen LogP contribution in [0.3, 0.4) is 0 Å². The van der Waals surface area contributed by atoms with Crippen LogP contribution in [0, 0.1) is 0 Å². The summed E-state index contributed by atoms with van der Waals surface area (Å²) >= 11 is 0. The van der Waals surface area contributed by atoms with Gasteiger partial charge in [0.1, 0.15) is 5.82 Å². The summed E-state index contributed by atoms with van der Waals surface area (Å²) in [6, 6.07) is 3.51. The van der Waals surface area contributed by atoms with Gasteiger partial charge in [-0.25, -0.2) is 4.98 Å². The second-order valence-electron chi connectivity index (χ2n) is 3.54. The summed E-state index contributed by atoms with van der Waals surface area (Å²) in [6.07, 6.45) is 1.62. The molecule has 0 aromatic carbocycles. The molecule has 90 valence electrons. The maximum absolute atomic E-state index is 5.52. The van der Waals surface area contributed by atoms with Crippen LogP contribution >= 0.6 is 0 Å². The fourth-order valence-electron chi connectivity index (χ4n) is 1.50. The molecule has 0 radical (unpaired) electrons. The average Bonchev–Trinajstić information content (AvgIpc) is 2.81. The van der Waals surface area contributed by atoms with E-state index in [1.165, 1.54) is 0 Å². The van der Waals surface area contributed by atoms with Crippen molar-refractivity contribution in [1.29, 1.82) is 0 Å². The lowest BCUT2D eigenvalue weighted by Gasteiger charge is -2.14. The van der Waals surface area contributed by atoms with Gasteiger partial charge in [0.25, 0.3) is 11.8 Å². The van der Waals surface area contributed by atoms with Crippen LogP contribution < -0.4 is 10.6 Å². The van der Waals surface area contributed by atoms with Crippen molar-refractivity contribution in [3.63, 3.8) is 0 Å². The molecule has 0 saturated heterocycles. The molecule has 6 nitrogen and oxygen atoms in total. The van der Waals surface area contributed by atoms with Gasteiger partial charge in [-0.1, -0.05) is 0 Å². The van der Waals surface area contributed by atoms with Crippen LogP contribution in [0.4, 0.5) is 11.8 Å². The second kappa shape index (κ2) is 4.82. The van der Waals surface area contributed by atoms with Crippen LogP contribution in [0.5, 0.6) is 0 Å². The lowest BCUT2D eigenvalue weighted by Crippen LogP contribution is -2.22. The zero-order valence-corrected chi connectivity index (χ0v) is 9.92. The summed E-state index contributed by atoms with van der Waals surface area (Å²) < 4.78 is 5.19. The van der Waals surface area contributed by atoms with E-state index in [-0.39, 0.29) is 0 Å². The molecule has 0 unspecified atom stereocenters. The number of pyridine rings is 1. The van der Waals surface area contributed by atoms with Gasteiger partial charge in [-0.3, -0.25) is 0 Å². The summed E-state index contributed by atoms with van der Waals surface area (Å²) in [5, 5.41) is 3.94. The Morgan fingerprint density at radius 1 is 1.29 bits per heavy atom. The fraction of sp³-hybridized carbons (Fsp3) is 0.364. The van der Waals surface area contributed by atoms with Crippen molar-refractivity contribution in [1.82, 2.24) is 15.1 Å². The maximum atomic E-state index is 5.52. The summed E-state index contributed by atoms with van der Waals surface area (Å²) in [5.41, 5.74) is 6.28. The third-order valence-electron chi connectivity index (χ3n) is 2.49. The largest absolute Gasteiger partial charge is 0.384 e. The van der Waals surface area contributed by atoms with Crippen LogP contribution in [-0.4, -0.2) is 28.2 Å². The van der Waals surface area contributed by atoms with Gasteiger partial charge >= 0.3 is 0 Å². The van der Waals surface area contributed by atoms with Crippen LogP contribution in [0.25, 0.3) is 11.5 Å². The molecule has 0 aliphatic rings. The normalized spacial score (nSPS) is 10.5. The van der Waals surface area contributed by atoms with Crippen molar-refractivity contribution < 1.29 is 4.52 Å². The first-order valence-corrected chi connectivity index (χ1v) is 5.55. The molecule has 0 aliphatic carbocycles. The smallest absolute Gasteiger partial charge is 0.266 e. The average molecular weight is 233 g/mol. The van der Waals surface area contributed by atoms with Crippen LogP contribution in [0.15, 0.2) is 22.9 Å². The molecule has 17 heavy (non-hydrogen) atoms. The highest BCUT2D eigenvalue weighted by Crippen LogP contribution is 2.19. The SMILES string of the molecule is CCN(CC)c1noc(-c2ccc(N)nc2)n1.